The van der Waals surface area contributed by atoms with Crippen molar-refractivity contribution in [2.75, 3.05) is 26.2 Å². The van der Waals surface area contributed by atoms with Gasteiger partial charge in [-0.25, -0.2) is 0 Å². The Balaban J connectivity index is 2.06. The highest BCUT2D eigenvalue weighted by atomic mass is 16.5. The number of amides is 1. The van der Waals surface area contributed by atoms with Crippen molar-refractivity contribution >= 4 is 17.3 Å². The molecule has 0 radical (unpaired) electrons. The van der Waals surface area contributed by atoms with Crippen LogP contribution in [0.5, 0.6) is 5.75 Å². The number of benzene rings is 2. The fourth-order valence-electron chi connectivity index (χ4n) is 2.50. The van der Waals surface area contributed by atoms with E-state index in [2.05, 4.69) is 5.10 Å². The van der Waals surface area contributed by atoms with E-state index < -0.39 is 0 Å². The first-order valence-corrected chi connectivity index (χ1v) is 7.61. The number of ether oxygens (including phenoxy) is 1. The first kappa shape index (κ1) is 15.8. The summed E-state index contributed by atoms with van der Waals surface area (Å²) in [6.07, 6.45) is 1.80. The summed E-state index contributed by atoms with van der Waals surface area (Å²) < 4.78 is 5.19. The van der Waals surface area contributed by atoms with E-state index in [0.29, 0.717) is 11.3 Å². The number of carbonyl (C=O) groups excluding carboxylic acids is 1. The Hall–Kier alpha value is -3.08. The number of nitrogens with zero attached hydrogens (tertiary/aromatic N) is 3. The van der Waals surface area contributed by atoms with Crippen molar-refractivity contribution in [3.05, 3.63) is 71.9 Å². The maximum atomic E-state index is 12.8. The summed E-state index contributed by atoms with van der Waals surface area (Å²) in [5, 5.41) is 6.00. The predicted octanol–water partition coefficient (Wildman–Crippen LogP) is 2.89. The molecule has 0 aromatic heterocycles. The standard InChI is InChI=1S/C19H19N3O2/c1-21(2)13-17-18(14-9-11-16(24-3)12-10-14)20-22(19(17)23)15-7-5-4-6-8-15/h4-13H,1-3H3/b17-13+. The summed E-state index contributed by atoms with van der Waals surface area (Å²) in [7, 11) is 5.40. The van der Waals surface area contributed by atoms with Gasteiger partial charge in [-0.1, -0.05) is 18.2 Å². The minimum atomic E-state index is -0.138. The fourth-order valence-corrected chi connectivity index (χ4v) is 2.50. The number of carbonyl (C=O) groups is 1. The van der Waals surface area contributed by atoms with Gasteiger partial charge < -0.3 is 9.64 Å². The second-order valence-electron chi connectivity index (χ2n) is 5.64. The maximum absolute atomic E-state index is 12.8. The average Bonchev–Trinajstić information content (AvgIpc) is 2.92. The summed E-state index contributed by atoms with van der Waals surface area (Å²) in [6.45, 7) is 0. The zero-order chi connectivity index (χ0) is 17.1. The van der Waals surface area contributed by atoms with Gasteiger partial charge in [-0.15, -0.1) is 0 Å². The Morgan fingerprint density at radius 2 is 1.71 bits per heavy atom. The van der Waals surface area contributed by atoms with Crippen LogP contribution in [0.2, 0.25) is 0 Å². The summed E-state index contributed by atoms with van der Waals surface area (Å²) in [5.41, 5.74) is 2.83. The molecular weight excluding hydrogens is 302 g/mol. The lowest BCUT2D eigenvalue weighted by atomic mass is 10.0. The minimum absolute atomic E-state index is 0.138. The van der Waals surface area contributed by atoms with Crippen LogP contribution in [0.25, 0.3) is 0 Å². The number of para-hydroxylation sites is 1. The number of hydrogen-bond donors (Lipinski definition) is 0. The van der Waals surface area contributed by atoms with Gasteiger partial charge in [0.25, 0.3) is 5.91 Å². The van der Waals surface area contributed by atoms with Crippen LogP contribution in [0, 0.1) is 0 Å². The van der Waals surface area contributed by atoms with E-state index in [1.165, 1.54) is 5.01 Å². The molecular formula is C19H19N3O2. The molecule has 1 aliphatic heterocycles. The largest absolute Gasteiger partial charge is 0.497 e. The van der Waals surface area contributed by atoms with Crippen LogP contribution in [-0.2, 0) is 4.79 Å². The molecule has 0 atom stereocenters. The number of hydrogen-bond acceptors (Lipinski definition) is 4. The molecule has 2 aromatic rings. The van der Waals surface area contributed by atoms with Crippen LogP contribution >= 0.6 is 0 Å². The first-order valence-electron chi connectivity index (χ1n) is 7.61. The molecule has 0 spiro atoms. The molecule has 0 saturated heterocycles. The fraction of sp³-hybridized carbons (Fsp3) is 0.158. The van der Waals surface area contributed by atoms with E-state index in [4.69, 9.17) is 4.74 Å². The third-order valence-electron chi connectivity index (χ3n) is 3.63. The van der Waals surface area contributed by atoms with Gasteiger partial charge in [-0.05, 0) is 36.4 Å². The molecule has 5 nitrogen and oxygen atoms in total. The van der Waals surface area contributed by atoms with E-state index in [0.717, 1.165) is 17.0 Å². The second-order valence-corrected chi connectivity index (χ2v) is 5.64. The number of anilines is 1. The van der Waals surface area contributed by atoms with E-state index in [-0.39, 0.29) is 5.91 Å². The molecule has 0 N–H and O–H groups in total. The van der Waals surface area contributed by atoms with Crippen LogP contribution in [-0.4, -0.2) is 37.7 Å². The number of rotatable bonds is 4. The van der Waals surface area contributed by atoms with Gasteiger partial charge in [0.1, 0.15) is 11.5 Å². The number of methoxy groups -OCH3 is 1. The number of hydrazone groups is 1. The molecule has 0 fully saturated rings. The summed E-state index contributed by atoms with van der Waals surface area (Å²) in [5.74, 6) is 0.627. The van der Waals surface area contributed by atoms with Gasteiger partial charge in [0.2, 0.25) is 0 Å². The lowest BCUT2D eigenvalue weighted by molar-refractivity contribution is -0.114. The Labute approximate surface area is 141 Å². The van der Waals surface area contributed by atoms with Crippen LogP contribution < -0.4 is 9.75 Å². The zero-order valence-electron chi connectivity index (χ0n) is 13.9. The highest BCUT2D eigenvalue weighted by Gasteiger charge is 2.32. The molecule has 0 aliphatic carbocycles. The van der Waals surface area contributed by atoms with Crippen LogP contribution in [0.3, 0.4) is 0 Å². The lowest BCUT2D eigenvalue weighted by Crippen LogP contribution is -2.22. The summed E-state index contributed by atoms with van der Waals surface area (Å²) >= 11 is 0. The normalized spacial score (nSPS) is 15.6. The zero-order valence-corrected chi connectivity index (χ0v) is 13.9. The highest BCUT2D eigenvalue weighted by molar-refractivity contribution is 6.35. The Morgan fingerprint density at radius 1 is 1.04 bits per heavy atom. The lowest BCUT2D eigenvalue weighted by Gasteiger charge is -2.11. The molecule has 0 saturated carbocycles. The Morgan fingerprint density at radius 3 is 2.29 bits per heavy atom. The summed E-state index contributed by atoms with van der Waals surface area (Å²) in [6, 6.07) is 17.0. The van der Waals surface area contributed by atoms with Crippen molar-refractivity contribution in [3.63, 3.8) is 0 Å². The van der Waals surface area contributed by atoms with Crippen molar-refractivity contribution in [1.29, 1.82) is 0 Å². The molecule has 1 heterocycles. The maximum Gasteiger partial charge on any atom is 0.282 e. The van der Waals surface area contributed by atoms with Crippen molar-refractivity contribution in [3.8, 4) is 5.75 Å². The van der Waals surface area contributed by atoms with Crippen LogP contribution in [0.1, 0.15) is 5.56 Å². The first-order chi connectivity index (χ1) is 11.6. The van der Waals surface area contributed by atoms with Crippen molar-refractivity contribution in [2.45, 2.75) is 0 Å². The monoisotopic (exact) mass is 321 g/mol. The van der Waals surface area contributed by atoms with E-state index in [1.807, 2.05) is 73.6 Å². The van der Waals surface area contributed by atoms with Crippen molar-refractivity contribution in [1.82, 2.24) is 4.90 Å². The van der Waals surface area contributed by atoms with Crippen LogP contribution in [0.15, 0.2) is 71.5 Å². The van der Waals surface area contributed by atoms with Gasteiger partial charge >= 0.3 is 0 Å². The molecule has 2 aromatic carbocycles. The Kier molecular flexibility index (Phi) is 4.33. The molecule has 0 unspecified atom stereocenters. The quantitative estimate of drug-likeness (QED) is 0.814. The molecule has 3 rings (SSSR count). The third kappa shape index (κ3) is 3.01. The SMILES string of the molecule is COc1ccc(C2=NN(c3ccccc3)C(=O)/C2=C/N(C)C)cc1. The summed E-state index contributed by atoms with van der Waals surface area (Å²) in [4.78, 5) is 14.7. The molecule has 0 bridgehead atoms. The van der Waals surface area contributed by atoms with Crippen LogP contribution in [0.4, 0.5) is 5.69 Å². The van der Waals surface area contributed by atoms with Gasteiger partial charge in [-0.2, -0.15) is 10.1 Å². The Bertz CT molecular complexity index is 793. The molecule has 5 heteroatoms. The van der Waals surface area contributed by atoms with Crippen molar-refractivity contribution < 1.29 is 9.53 Å². The van der Waals surface area contributed by atoms with E-state index in [1.54, 1.807) is 13.3 Å². The minimum Gasteiger partial charge on any atom is -0.497 e. The molecule has 1 amide bonds. The van der Waals surface area contributed by atoms with Gasteiger partial charge in [0.05, 0.1) is 18.4 Å². The highest BCUT2D eigenvalue weighted by Crippen LogP contribution is 2.27. The second kappa shape index (κ2) is 6.58. The molecule has 122 valence electrons. The third-order valence-corrected chi connectivity index (χ3v) is 3.63. The van der Waals surface area contributed by atoms with Gasteiger partial charge in [0, 0.05) is 25.9 Å². The smallest absolute Gasteiger partial charge is 0.282 e. The molecule has 24 heavy (non-hydrogen) atoms. The van der Waals surface area contributed by atoms with Gasteiger partial charge in [0.15, 0.2) is 0 Å². The molecule has 1 aliphatic rings. The van der Waals surface area contributed by atoms with Crippen molar-refractivity contribution in [2.24, 2.45) is 5.10 Å². The van der Waals surface area contributed by atoms with Gasteiger partial charge in [-0.3, -0.25) is 4.79 Å². The predicted molar refractivity (Wildman–Crippen MR) is 95.2 cm³/mol. The van der Waals surface area contributed by atoms with E-state index >= 15 is 0 Å². The van der Waals surface area contributed by atoms with E-state index in [9.17, 15) is 4.79 Å². The average molecular weight is 321 g/mol. The topological polar surface area (TPSA) is 45.1 Å².